The number of carbonyl (C=O) groups excluding carboxylic acids is 2. The molecule has 6 atom stereocenters. The van der Waals surface area contributed by atoms with E-state index in [1.54, 1.807) is 11.8 Å². The third-order valence-electron chi connectivity index (χ3n) is 7.94. The molecule has 28 heavy (non-hydrogen) atoms. The molecule has 1 aromatic rings. The minimum Gasteiger partial charge on any atom is -0.480 e. The Hall–Kier alpha value is -1.61. The van der Waals surface area contributed by atoms with Crippen LogP contribution in [-0.4, -0.2) is 44.6 Å². The summed E-state index contributed by atoms with van der Waals surface area (Å²) >= 11 is 3.02. The molecule has 4 fully saturated rings. The summed E-state index contributed by atoms with van der Waals surface area (Å²) in [4.78, 5) is 54.4. The zero-order valence-electron chi connectivity index (χ0n) is 15.1. The van der Waals surface area contributed by atoms with Gasteiger partial charge in [0, 0.05) is 15.5 Å². The highest BCUT2D eigenvalue weighted by Crippen LogP contribution is 2.71. The van der Waals surface area contributed by atoms with Crippen LogP contribution in [0.25, 0.3) is 0 Å². The Morgan fingerprint density at radius 1 is 1.14 bits per heavy atom. The molecule has 0 aromatic carbocycles. The molecule has 148 valence electrons. The van der Waals surface area contributed by atoms with Gasteiger partial charge in [-0.05, 0) is 37.0 Å². The normalized spacial score (nSPS) is 39.5. The van der Waals surface area contributed by atoms with E-state index in [0.29, 0.717) is 5.92 Å². The lowest BCUT2D eigenvalue weighted by Crippen LogP contribution is -2.49. The van der Waals surface area contributed by atoms with Crippen LogP contribution >= 0.6 is 23.1 Å². The van der Waals surface area contributed by atoms with Gasteiger partial charge in [0.2, 0.25) is 11.8 Å². The first kappa shape index (κ1) is 17.3. The third-order valence-corrected chi connectivity index (χ3v) is 10.6. The molecule has 7 nitrogen and oxygen atoms in total. The Balaban J connectivity index is 1.45. The van der Waals surface area contributed by atoms with Crippen molar-refractivity contribution in [2.75, 3.05) is 6.54 Å². The number of aromatic nitrogens is 1. The van der Waals surface area contributed by atoms with Crippen LogP contribution in [0.5, 0.6) is 0 Å². The predicted octanol–water partition coefficient (Wildman–Crippen LogP) is 1.67. The average Bonchev–Trinajstić information content (AvgIpc) is 3.41. The van der Waals surface area contributed by atoms with Crippen molar-refractivity contribution in [3.05, 3.63) is 14.5 Å². The molecule has 2 N–H and O–H groups in total. The molecular formula is C19H20N2O5S2. The molecule has 0 unspecified atom stereocenters. The van der Waals surface area contributed by atoms with Gasteiger partial charge in [-0.3, -0.25) is 24.1 Å². The SMILES string of the molecule is O=C(O)CN1C(=O)[C@@H]2[C@H]3C[C@@H]([C@H]4Sc5[nH]c(=O)sc5C5(CCCC5)[C@H]34)[C@H]2C1=O. The smallest absolute Gasteiger partial charge is 0.323 e. The molecule has 2 amide bonds. The molecule has 3 saturated carbocycles. The number of hydrogen-bond donors (Lipinski definition) is 2. The first-order valence-electron chi connectivity index (χ1n) is 9.89. The number of rotatable bonds is 2. The quantitative estimate of drug-likeness (QED) is 0.705. The van der Waals surface area contributed by atoms with E-state index in [0.717, 1.165) is 42.0 Å². The monoisotopic (exact) mass is 420 g/mol. The number of fused-ring (bicyclic) bond motifs is 11. The Morgan fingerprint density at radius 2 is 1.82 bits per heavy atom. The van der Waals surface area contributed by atoms with Crippen LogP contribution in [0, 0.1) is 29.6 Å². The summed E-state index contributed by atoms with van der Waals surface area (Å²) < 4.78 is 0. The molecule has 2 aliphatic heterocycles. The second kappa shape index (κ2) is 5.50. The maximum atomic E-state index is 13.0. The van der Waals surface area contributed by atoms with Crippen molar-refractivity contribution in [2.24, 2.45) is 29.6 Å². The number of likely N-dealkylation sites (tertiary alicyclic amines) is 1. The fraction of sp³-hybridized carbons (Fsp3) is 0.684. The number of amides is 2. The zero-order chi connectivity index (χ0) is 19.4. The summed E-state index contributed by atoms with van der Waals surface area (Å²) in [5.74, 6) is -1.96. The van der Waals surface area contributed by atoms with Crippen LogP contribution in [0.4, 0.5) is 0 Å². The van der Waals surface area contributed by atoms with Gasteiger partial charge in [0.25, 0.3) is 0 Å². The van der Waals surface area contributed by atoms with Gasteiger partial charge < -0.3 is 10.1 Å². The van der Waals surface area contributed by atoms with Crippen LogP contribution in [-0.2, 0) is 19.8 Å². The standard InChI is InChI=1S/C19H20N2O5S2/c22-9(23)6-21-16(24)10-7-5-8(11(10)17(21)25)13-12(7)19(3-1-2-4-19)14-15(27-13)20-18(26)28-14/h7-8,10-13H,1-6H2,(H,20,26)(H,22,23)/t7-,8-,10-,11-,12-,13-/m1/s1. The largest absolute Gasteiger partial charge is 0.480 e. The number of nitrogens with one attached hydrogen (secondary N) is 1. The number of H-pyrrole nitrogens is 1. The van der Waals surface area contributed by atoms with Crippen molar-refractivity contribution < 1.29 is 19.5 Å². The number of carboxylic acid groups (broad SMARTS) is 1. The molecule has 9 heteroatoms. The molecular weight excluding hydrogens is 400 g/mol. The third kappa shape index (κ3) is 1.92. The van der Waals surface area contributed by atoms with Crippen LogP contribution in [0.1, 0.15) is 37.0 Å². The lowest BCUT2D eigenvalue weighted by atomic mass is 9.61. The van der Waals surface area contributed by atoms with E-state index in [4.69, 9.17) is 5.11 Å². The maximum Gasteiger partial charge on any atom is 0.323 e. The Bertz CT molecular complexity index is 977. The van der Waals surface area contributed by atoms with E-state index in [1.807, 2.05) is 0 Å². The van der Waals surface area contributed by atoms with Crippen molar-refractivity contribution in [1.29, 1.82) is 0 Å². The second-order valence-corrected chi connectivity index (χ2v) is 11.1. The van der Waals surface area contributed by atoms with Gasteiger partial charge in [-0.1, -0.05) is 24.2 Å². The minimum atomic E-state index is -1.15. The molecule has 1 spiro atoms. The summed E-state index contributed by atoms with van der Waals surface area (Å²) in [6.07, 6.45) is 5.21. The maximum absolute atomic E-state index is 13.0. The summed E-state index contributed by atoms with van der Waals surface area (Å²) in [5.41, 5.74) is -0.0526. The Morgan fingerprint density at radius 3 is 2.50 bits per heavy atom. The highest BCUT2D eigenvalue weighted by Gasteiger charge is 2.72. The summed E-state index contributed by atoms with van der Waals surface area (Å²) in [5, 5.41) is 10.3. The molecule has 5 aliphatic rings. The van der Waals surface area contributed by atoms with Crippen LogP contribution in [0.3, 0.4) is 0 Å². The number of imide groups is 1. The van der Waals surface area contributed by atoms with E-state index in [-0.39, 0.29) is 51.0 Å². The lowest BCUT2D eigenvalue weighted by Gasteiger charge is -2.49. The van der Waals surface area contributed by atoms with Gasteiger partial charge in [-0.2, -0.15) is 0 Å². The van der Waals surface area contributed by atoms with Crippen LogP contribution in [0.15, 0.2) is 9.82 Å². The number of nitrogens with zero attached hydrogens (tertiary/aromatic N) is 1. The van der Waals surface area contributed by atoms with E-state index in [9.17, 15) is 19.2 Å². The van der Waals surface area contributed by atoms with Gasteiger partial charge in [0.05, 0.1) is 16.9 Å². The van der Waals surface area contributed by atoms with Crippen molar-refractivity contribution >= 4 is 40.9 Å². The zero-order valence-corrected chi connectivity index (χ0v) is 16.7. The number of thiazole rings is 1. The Labute approximate surface area is 168 Å². The molecule has 3 aliphatic carbocycles. The first-order chi connectivity index (χ1) is 13.4. The number of aliphatic carboxylic acids is 1. The number of hydrogen-bond acceptors (Lipinski definition) is 6. The van der Waals surface area contributed by atoms with Crippen molar-refractivity contribution in [3.8, 4) is 0 Å². The van der Waals surface area contributed by atoms with Crippen molar-refractivity contribution in [1.82, 2.24) is 9.88 Å². The molecule has 1 aromatic heterocycles. The van der Waals surface area contributed by atoms with Gasteiger partial charge in [-0.25, -0.2) is 0 Å². The topological polar surface area (TPSA) is 108 Å². The molecule has 1 saturated heterocycles. The average molecular weight is 421 g/mol. The van der Waals surface area contributed by atoms with E-state index in [1.165, 1.54) is 16.2 Å². The van der Waals surface area contributed by atoms with E-state index < -0.39 is 12.5 Å². The minimum absolute atomic E-state index is 0.0175. The molecule has 2 bridgehead atoms. The number of carbonyl (C=O) groups is 3. The Kier molecular flexibility index (Phi) is 3.39. The summed E-state index contributed by atoms with van der Waals surface area (Å²) in [6.45, 7) is -0.529. The van der Waals surface area contributed by atoms with Gasteiger partial charge >= 0.3 is 10.8 Å². The van der Waals surface area contributed by atoms with Crippen molar-refractivity contribution in [2.45, 2.75) is 47.8 Å². The number of carboxylic acids is 1. The highest BCUT2D eigenvalue weighted by atomic mass is 32.2. The summed E-state index contributed by atoms with van der Waals surface area (Å²) in [7, 11) is 0. The fourth-order valence-electron chi connectivity index (χ4n) is 7.26. The van der Waals surface area contributed by atoms with Crippen LogP contribution in [0.2, 0.25) is 0 Å². The van der Waals surface area contributed by atoms with E-state index >= 15 is 0 Å². The summed E-state index contributed by atoms with van der Waals surface area (Å²) in [6, 6.07) is 0. The van der Waals surface area contributed by atoms with Gasteiger partial charge in [0.15, 0.2) is 0 Å². The van der Waals surface area contributed by atoms with Crippen molar-refractivity contribution in [3.63, 3.8) is 0 Å². The van der Waals surface area contributed by atoms with E-state index in [2.05, 4.69) is 4.98 Å². The van der Waals surface area contributed by atoms with Gasteiger partial charge in [0.1, 0.15) is 6.54 Å². The first-order valence-corrected chi connectivity index (χ1v) is 11.6. The molecule has 3 heterocycles. The predicted molar refractivity (Wildman–Crippen MR) is 101 cm³/mol. The molecule has 6 rings (SSSR count). The van der Waals surface area contributed by atoms with Crippen LogP contribution < -0.4 is 4.87 Å². The number of aromatic amines is 1. The highest BCUT2D eigenvalue weighted by molar-refractivity contribution is 8.00. The fourth-order valence-corrected chi connectivity index (χ4v) is 10.4. The number of thioether (sulfide) groups is 1. The molecule has 0 radical (unpaired) electrons. The second-order valence-electron chi connectivity index (χ2n) is 8.92. The lowest BCUT2D eigenvalue weighted by molar-refractivity contribution is -0.150. The van der Waals surface area contributed by atoms with Gasteiger partial charge in [-0.15, -0.1) is 11.8 Å².